The quantitative estimate of drug-likeness (QED) is 0.865. The van der Waals surface area contributed by atoms with Crippen molar-refractivity contribution >= 4 is 25.8 Å². The van der Waals surface area contributed by atoms with Crippen LogP contribution in [-0.4, -0.2) is 31.6 Å². The molecule has 0 heterocycles. The van der Waals surface area contributed by atoms with Crippen molar-refractivity contribution in [3.05, 3.63) is 28.2 Å². The van der Waals surface area contributed by atoms with E-state index in [1.165, 1.54) is 0 Å². The van der Waals surface area contributed by atoms with Crippen molar-refractivity contribution in [2.75, 3.05) is 18.1 Å². The predicted octanol–water partition coefficient (Wildman–Crippen LogP) is 2.32. The number of sulfone groups is 1. The molecule has 0 aromatic heterocycles. The Morgan fingerprint density at radius 3 is 2.67 bits per heavy atom. The van der Waals surface area contributed by atoms with Crippen LogP contribution in [0.15, 0.2) is 22.7 Å². The number of rotatable bonds is 6. The Morgan fingerprint density at radius 2 is 2.11 bits per heavy atom. The first kappa shape index (κ1) is 15.5. The van der Waals surface area contributed by atoms with Crippen LogP contribution in [0, 0.1) is 0 Å². The van der Waals surface area contributed by atoms with Crippen molar-refractivity contribution in [3.63, 3.8) is 0 Å². The molecule has 0 fully saturated rings. The maximum Gasteiger partial charge on any atom is 0.153 e. The third kappa shape index (κ3) is 4.59. The van der Waals surface area contributed by atoms with E-state index in [1.54, 1.807) is 32.0 Å². The highest BCUT2D eigenvalue weighted by atomic mass is 79.9. The number of ether oxygens (including phenoxy) is 1. The van der Waals surface area contributed by atoms with Gasteiger partial charge in [0.15, 0.2) is 9.84 Å². The summed E-state index contributed by atoms with van der Waals surface area (Å²) in [6, 6.07) is 5.27. The topological polar surface area (TPSA) is 63.6 Å². The average Bonchev–Trinajstić information content (AvgIpc) is 2.28. The van der Waals surface area contributed by atoms with E-state index in [0.29, 0.717) is 11.3 Å². The fourth-order valence-corrected chi connectivity index (χ4v) is 2.37. The number of hydrogen-bond donors (Lipinski definition) is 1. The maximum absolute atomic E-state index is 11.3. The van der Waals surface area contributed by atoms with E-state index < -0.39 is 15.9 Å². The molecule has 18 heavy (non-hydrogen) atoms. The lowest BCUT2D eigenvalue weighted by atomic mass is 10.1. The van der Waals surface area contributed by atoms with Crippen LogP contribution in [0.25, 0.3) is 0 Å². The summed E-state index contributed by atoms with van der Waals surface area (Å²) in [6.45, 7) is 3.33. The van der Waals surface area contributed by atoms with Gasteiger partial charge in [-0.2, -0.15) is 0 Å². The summed E-state index contributed by atoms with van der Waals surface area (Å²) in [5.74, 6) is 0.596. The molecule has 102 valence electrons. The minimum Gasteiger partial charge on any atom is -0.492 e. The van der Waals surface area contributed by atoms with Crippen LogP contribution in [0.4, 0.5) is 0 Å². The Morgan fingerprint density at radius 1 is 1.44 bits per heavy atom. The lowest BCUT2D eigenvalue weighted by Gasteiger charge is -2.13. The second kappa shape index (κ2) is 6.54. The van der Waals surface area contributed by atoms with Crippen molar-refractivity contribution in [1.82, 2.24) is 0 Å². The molecule has 1 aromatic carbocycles. The zero-order valence-electron chi connectivity index (χ0n) is 10.4. The van der Waals surface area contributed by atoms with E-state index in [-0.39, 0.29) is 18.1 Å². The van der Waals surface area contributed by atoms with Crippen molar-refractivity contribution in [2.45, 2.75) is 20.0 Å². The van der Waals surface area contributed by atoms with Gasteiger partial charge in [0.05, 0.1) is 11.9 Å². The molecule has 1 aromatic rings. The van der Waals surface area contributed by atoms with Gasteiger partial charge in [0.25, 0.3) is 0 Å². The SMILES string of the molecule is CCS(=O)(=O)CCOc1cc(Br)ccc1C(C)O. The molecule has 0 radical (unpaired) electrons. The van der Waals surface area contributed by atoms with Crippen LogP contribution in [0.2, 0.25) is 0 Å². The molecule has 0 saturated carbocycles. The van der Waals surface area contributed by atoms with Crippen molar-refractivity contribution in [3.8, 4) is 5.75 Å². The molecule has 0 spiro atoms. The van der Waals surface area contributed by atoms with E-state index in [9.17, 15) is 13.5 Å². The summed E-state index contributed by atoms with van der Waals surface area (Å²) >= 11 is 3.31. The molecule has 1 atom stereocenters. The molecule has 0 saturated heterocycles. The van der Waals surface area contributed by atoms with E-state index in [0.717, 1.165) is 4.47 Å². The summed E-state index contributed by atoms with van der Waals surface area (Å²) in [5, 5.41) is 9.59. The van der Waals surface area contributed by atoms with Crippen molar-refractivity contribution in [2.24, 2.45) is 0 Å². The number of aliphatic hydroxyl groups excluding tert-OH is 1. The smallest absolute Gasteiger partial charge is 0.153 e. The first-order valence-electron chi connectivity index (χ1n) is 5.66. The zero-order valence-corrected chi connectivity index (χ0v) is 12.8. The number of aliphatic hydroxyl groups is 1. The van der Waals surface area contributed by atoms with Gasteiger partial charge in [-0.25, -0.2) is 8.42 Å². The monoisotopic (exact) mass is 336 g/mol. The Bertz CT molecular complexity index is 497. The van der Waals surface area contributed by atoms with Crippen molar-refractivity contribution < 1.29 is 18.3 Å². The van der Waals surface area contributed by atoms with E-state index in [2.05, 4.69) is 15.9 Å². The highest BCUT2D eigenvalue weighted by Crippen LogP contribution is 2.28. The van der Waals surface area contributed by atoms with Crippen LogP contribution >= 0.6 is 15.9 Å². The lowest BCUT2D eigenvalue weighted by Crippen LogP contribution is -2.16. The number of benzene rings is 1. The van der Waals surface area contributed by atoms with E-state index in [4.69, 9.17) is 4.74 Å². The minimum atomic E-state index is -3.03. The molecular formula is C12H17BrO4S. The fraction of sp³-hybridized carbons (Fsp3) is 0.500. The van der Waals surface area contributed by atoms with Crippen LogP contribution in [0.5, 0.6) is 5.75 Å². The molecule has 0 amide bonds. The first-order valence-corrected chi connectivity index (χ1v) is 8.28. The summed E-state index contributed by atoms with van der Waals surface area (Å²) in [7, 11) is -3.03. The third-order valence-electron chi connectivity index (χ3n) is 2.52. The summed E-state index contributed by atoms with van der Waals surface area (Å²) in [4.78, 5) is 0. The van der Waals surface area contributed by atoms with Crippen LogP contribution < -0.4 is 4.74 Å². The molecule has 1 N–H and O–H groups in total. The molecule has 0 aliphatic heterocycles. The summed E-state index contributed by atoms with van der Waals surface area (Å²) in [5.41, 5.74) is 0.645. The Balaban J connectivity index is 2.75. The Kier molecular flexibility index (Phi) is 5.62. The van der Waals surface area contributed by atoms with Gasteiger partial charge in [0.2, 0.25) is 0 Å². The van der Waals surface area contributed by atoms with Gasteiger partial charge in [-0.15, -0.1) is 0 Å². The molecule has 0 bridgehead atoms. The Hall–Kier alpha value is -0.590. The molecule has 6 heteroatoms. The third-order valence-corrected chi connectivity index (χ3v) is 4.68. The standard InChI is InChI=1S/C12H17BrO4S/c1-3-18(15,16)7-6-17-12-8-10(13)4-5-11(12)9(2)14/h4-5,8-9,14H,3,6-7H2,1-2H3. The summed E-state index contributed by atoms with van der Waals surface area (Å²) in [6.07, 6.45) is -0.657. The molecule has 1 rings (SSSR count). The fourth-order valence-electron chi connectivity index (χ4n) is 1.40. The van der Waals surface area contributed by atoms with Gasteiger partial charge in [0, 0.05) is 15.8 Å². The zero-order chi connectivity index (χ0) is 13.8. The lowest BCUT2D eigenvalue weighted by molar-refractivity contribution is 0.192. The maximum atomic E-state index is 11.3. The van der Waals surface area contributed by atoms with Gasteiger partial charge in [-0.05, 0) is 19.1 Å². The predicted molar refractivity (Wildman–Crippen MR) is 74.6 cm³/mol. The Labute approximate surface area is 116 Å². The van der Waals surface area contributed by atoms with Gasteiger partial charge >= 0.3 is 0 Å². The molecule has 4 nitrogen and oxygen atoms in total. The first-order chi connectivity index (χ1) is 8.35. The van der Waals surface area contributed by atoms with Crippen LogP contribution in [0.1, 0.15) is 25.5 Å². The van der Waals surface area contributed by atoms with Gasteiger partial charge in [-0.3, -0.25) is 0 Å². The highest BCUT2D eigenvalue weighted by Gasteiger charge is 2.12. The summed E-state index contributed by atoms with van der Waals surface area (Å²) < 4.78 is 28.9. The van der Waals surface area contributed by atoms with E-state index >= 15 is 0 Å². The average molecular weight is 337 g/mol. The van der Waals surface area contributed by atoms with E-state index in [1.807, 2.05) is 0 Å². The normalized spacial score (nSPS) is 13.3. The number of hydrogen-bond acceptors (Lipinski definition) is 4. The molecule has 1 unspecified atom stereocenters. The largest absolute Gasteiger partial charge is 0.492 e. The molecular weight excluding hydrogens is 320 g/mol. The molecule has 0 aliphatic rings. The minimum absolute atomic E-state index is 0.0186. The molecule has 0 aliphatic carbocycles. The number of halogens is 1. The highest BCUT2D eigenvalue weighted by molar-refractivity contribution is 9.10. The second-order valence-electron chi connectivity index (χ2n) is 3.94. The van der Waals surface area contributed by atoms with Gasteiger partial charge < -0.3 is 9.84 Å². The van der Waals surface area contributed by atoms with Crippen LogP contribution in [-0.2, 0) is 9.84 Å². The van der Waals surface area contributed by atoms with Crippen molar-refractivity contribution in [1.29, 1.82) is 0 Å². The van der Waals surface area contributed by atoms with Crippen LogP contribution in [0.3, 0.4) is 0 Å². The van der Waals surface area contributed by atoms with Gasteiger partial charge in [0.1, 0.15) is 12.4 Å². The van der Waals surface area contributed by atoms with Gasteiger partial charge in [-0.1, -0.05) is 28.9 Å². The second-order valence-corrected chi connectivity index (χ2v) is 7.33.